The number of amides is 2. The van der Waals surface area contributed by atoms with E-state index in [1.807, 2.05) is 42.7 Å². The number of nitrogens with zero attached hydrogens (tertiary/aromatic N) is 2. The summed E-state index contributed by atoms with van der Waals surface area (Å²) >= 11 is 0. The topological polar surface area (TPSA) is 111 Å². The molecule has 0 bridgehead atoms. The van der Waals surface area contributed by atoms with E-state index in [2.05, 4.69) is 10.3 Å². The van der Waals surface area contributed by atoms with E-state index in [4.69, 9.17) is 13.9 Å². The van der Waals surface area contributed by atoms with Gasteiger partial charge in [-0.05, 0) is 42.2 Å². The molecule has 2 amide bonds. The van der Waals surface area contributed by atoms with Gasteiger partial charge in [-0.25, -0.2) is 4.98 Å². The van der Waals surface area contributed by atoms with Crippen LogP contribution < -0.4 is 10.1 Å². The molecule has 9 nitrogen and oxygen atoms in total. The Morgan fingerprint density at radius 3 is 2.66 bits per heavy atom. The first kappa shape index (κ1) is 24.7. The molecule has 0 aliphatic carbocycles. The van der Waals surface area contributed by atoms with Crippen LogP contribution in [0.2, 0.25) is 0 Å². The molecule has 1 N–H and O–H groups in total. The monoisotopic (exact) mass is 513 g/mol. The lowest BCUT2D eigenvalue weighted by atomic mass is 9.89. The van der Waals surface area contributed by atoms with Crippen LogP contribution in [0.4, 0.5) is 0 Å². The molecule has 4 rings (SSSR count). The van der Waals surface area contributed by atoms with Gasteiger partial charge in [0.05, 0.1) is 13.2 Å². The summed E-state index contributed by atoms with van der Waals surface area (Å²) in [4.78, 5) is 42.8. The summed E-state index contributed by atoms with van der Waals surface area (Å²) in [7, 11) is 3.96. The molecule has 35 heavy (non-hydrogen) atoms. The minimum atomic E-state index is -0.808. The molecule has 2 unspecified atom stereocenters. The number of aromatic nitrogens is 1. The highest BCUT2D eigenvalue weighted by molar-refractivity contribution is 8.77. The van der Waals surface area contributed by atoms with Crippen molar-refractivity contribution in [3.05, 3.63) is 65.6 Å². The number of carbonyl (C=O) groups is 3. The van der Waals surface area contributed by atoms with Gasteiger partial charge >= 0.3 is 5.97 Å². The van der Waals surface area contributed by atoms with Gasteiger partial charge in [0.2, 0.25) is 5.91 Å². The predicted molar refractivity (Wildman–Crippen MR) is 133 cm³/mol. The highest BCUT2D eigenvalue weighted by Crippen LogP contribution is 2.36. The molecular formula is C24H23N3O6S2. The molecule has 2 aromatic carbocycles. The number of carbonyl (C=O) groups excluding carboxylic acids is 3. The zero-order valence-corrected chi connectivity index (χ0v) is 20.6. The zero-order valence-electron chi connectivity index (χ0n) is 19.0. The third kappa shape index (κ3) is 5.98. The van der Waals surface area contributed by atoms with Gasteiger partial charge in [0.15, 0.2) is 12.2 Å². The molecular weight excluding hydrogens is 490 g/mol. The Hall–Kier alpha value is -3.44. The van der Waals surface area contributed by atoms with Crippen LogP contribution in [0.3, 0.4) is 0 Å². The number of likely N-dealkylation sites (tertiary alicyclic amines) is 1. The fourth-order valence-corrected chi connectivity index (χ4v) is 5.30. The number of benzene rings is 2. The van der Waals surface area contributed by atoms with E-state index in [1.54, 1.807) is 24.3 Å². The summed E-state index contributed by atoms with van der Waals surface area (Å²) in [5.74, 6) is -0.786. The van der Waals surface area contributed by atoms with Crippen molar-refractivity contribution in [1.82, 2.24) is 15.2 Å². The normalized spacial score (nSPS) is 17.7. The van der Waals surface area contributed by atoms with Crippen molar-refractivity contribution in [2.75, 3.05) is 20.3 Å². The maximum Gasteiger partial charge on any atom is 0.325 e. The number of hydrogen-bond acceptors (Lipinski definition) is 9. The van der Waals surface area contributed by atoms with Gasteiger partial charge in [-0.15, -0.1) is 0 Å². The van der Waals surface area contributed by atoms with Crippen molar-refractivity contribution in [2.24, 2.45) is 0 Å². The van der Waals surface area contributed by atoms with E-state index >= 15 is 0 Å². The highest BCUT2D eigenvalue weighted by atomic mass is 33.1. The smallest absolute Gasteiger partial charge is 0.325 e. The van der Waals surface area contributed by atoms with Crippen molar-refractivity contribution in [1.29, 1.82) is 0 Å². The van der Waals surface area contributed by atoms with E-state index in [-0.39, 0.29) is 19.1 Å². The highest BCUT2D eigenvalue weighted by Gasteiger charge is 2.49. The Kier molecular flexibility index (Phi) is 7.98. The van der Waals surface area contributed by atoms with Gasteiger partial charge in [-0.1, -0.05) is 41.1 Å². The third-order valence-electron chi connectivity index (χ3n) is 5.25. The standard InChI is InChI=1S/C24H23N3O6S2/c1-15(14-34-35-24-25-17-10-6-7-11-18(17)33-24)22-21(23(30)27(22)12-20(29)31-2)26-19(28)13-32-16-8-4-3-5-9-16/h3-11,14,21-22H,12-13H2,1-2H3,(H,26,28). The van der Waals surface area contributed by atoms with Gasteiger partial charge in [0.1, 0.15) is 23.9 Å². The largest absolute Gasteiger partial charge is 0.484 e. The fourth-order valence-electron chi connectivity index (χ4n) is 3.56. The second kappa shape index (κ2) is 11.3. The average Bonchev–Trinajstić information content (AvgIpc) is 3.29. The van der Waals surface area contributed by atoms with Crippen LogP contribution in [-0.4, -0.2) is 60.0 Å². The summed E-state index contributed by atoms with van der Waals surface area (Å²) in [6.07, 6.45) is 0. The van der Waals surface area contributed by atoms with Crippen LogP contribution in [-0.2, 0) is 19.1 Å². The number of methoxy groups -OCH3 is 1. The Balaban J connectivity index is 1.40. The quantitative estimate of drug-likeness (QED) is 0.248. The van der Waals surface area contributed by atoms with Gasteiger partial charge < -0.3 is 24.1 Å². The van der Waals surface area contributed by atoms with Crippen molar-refractivity contribution in [3.63, 3.8) is 0 Å². The number of para-hydroxylation sites is 3. The van der Waals surface area contributed by atoms with Crippen molar-refractivity contribution < 1.29 is 28.3 Å². The first-order valence-electron chi connectivity index (χ1n) is 10.7. The molecule has 0 saturated carbocycles. The molecule has 1 saturated heterocycles. The fraction of sp³-hybridized carbons (Fsp3) is 0.250. The van der Waals surface area contributed by atoms with Crippen molar-refractivity contribution in [3.8, 4) is 5.75 Å². The molecule has 1 aromatic heterocycles. The maximum absolute atomic E-state index is 12.7. The van der Waals surface area contributed by atoms with Gasteiger partial charge in [0, 0.05) is 10.8 Å². The van der Waals surface area contributed by atoms with Crippen molar-refractivity contribution >= 4 is 50.5 Å². The lowest BCUT2D eigenvalue weighted by molar-refractivity contribution is -0.159. The summed E-state index contributed by atoms with van der Waals surface area (Å²) in [5, 5.41) is 5.07. The average molecular weight is 514 g/mol. The van der Waals surface area contributed by atoms with Gasteiger partial charge in [-0.2, -0.15) is 0 Å². The Labute approximate surface area is 209 Å². The summed E-state index contributed by atoms with van der Waals surface area (Å²) in [6.45, 7) is 1.39. The number of fused-ring (bicyclic) bond motifs is 1. The molecule has 1 aliphatic rings. The number of esters is 1. The minimum absolute atomic E-state index is 0.207. The van der Waals surface area contributed by atoms with E-state index in [9.17, 15) is 14.4 Å². The molecule has 0 radical (unpaired) electrons. The zero-order chi connectivity index (χ0) is 24.8. The summed E-state index contributed by atoms with van der Waals surface area (Å²) in [5.41, 5.74) is 2.26. The number of ether oxygens (including phenoxy) is 2. The molecule has 2 atom stereocenters. The lowest BCUT2D eigenvalue weighted by Crippen LogP contribution is -2.72. The summed E-state index contributed by atoms with van der Waals surface area (Å²) in [6, 6.07) is 15.1. The van der Waals surface area contributed by atoms with E-state index < -0.39 is 24.0 Å². The van der Waals surface area contributed by atoms with Gasteiger partial charge in [0.25, 0.3) is 11.1 Å². The van der Waals surface area contributed by atoms with E-state index in [0.717, 1.165) is 11.1 Å². The van der Waals surface area contributed by atoms with Crippen LogP contribution in [0.25, 0.3) is 11.1 Å². The van der Waals surface area contributed by atoms with E-state index in [0.29, 0.717) is 16.6 Å². The minimum Gasteiger partial charge on any atom is -0.484 e. The molecule has 1 fully saturated rings. The third-order valence-corrected chi connectivity index (χ3v) is 7.14. The molecule has 2 heterocycles. The van der Waals surface area contributed by atoms with Crippen LogP contribution >= 0.6 is 21.6 Å². The number of β-lactam (4-membered cyclic amide) rings is 1. The first-order valence-corrected chi connectivity index (χ1v) is 12.9. The second-order valence-electron chi connectivity index (χ2n) is 7.62. The van der Waals surface area contributed by atoms with Crippen LogP contribution in [0.15, 0.2) is 75.2 Å². The molecule has 1 aliphatic heterocycles. The number of nitrogens with one attached hydrogen (secondary N) is 1. The second-order valence-corrected chi connectivity index (χ2v) is 9.64. The number of oxazole rings is 1. The maximum atomic E-state index is 12.7. The Morgan fingerprint density at radius 2 is 1.91 bits per heavy atom. The summed E-state index contributed by atoms with van der Waals surface area (Å²) < 4.78 is 15.9. The SMILES string of the molecule is COC(=O)CN1C(=O)C(NC(=O)COc2ccccc2)C1C(C)=CSSc1nc2ccccc2o1. The molecule has 0 spiro atoms. The number of rotatable bonds is 10. The van der Waals surface area contributed by atoms with Crippen LogP contribution in [0.5, 0.6) is 5.75 Å². The van der Waals surface area contributed by atoms with Gasteiger partial charge in [-0.3, -0.25) is 14.4 Å². The molecule has 11 heteroatoms. The molecule has 3 aromatic rings. The number of hydrogen-bond donors (Lipinski definition) is 1. The van der Waals surface area contributed by atoms with Crippen molar-refractivity contribution in [2.45, 2.75) is 24.2 Å². The molecule has 182 valence electrons. The lowest BCUT2D eigenvalue weighted by Gasteiger charge is -2.47. The Morgan fingerprint density at radius 1 is 1.17 bits per heavy atom. The van der Waals surface area contributed by atoms with Crippen LogP contribution in [0.1, 0.15) is 6.92 Å². The predicted octanol–water partition coefficient (Wildman–Crippen LogP) is 3.42. The first-order chi connectivity index (χ1) is 17.0. The Bertz CT molecular complexity index is 1210. The van der Waals surface area contributed by atoms with E-state index in [1.165, 1.54) is 33.6 Å². The van der Waals surface area contributed by atoms with Crippen LogP contribution in [0, 0.1) is 0 Å².